The summed E-state index contributed by atoms with van der Waals surface area (Å²) in [6.45, 7) is 6.67. The number of rotatable bonds is 2. The molecule has 0 spiro atoms. The van der Waals surface area contributed by atoms with Gasteiger partial charge in [-0.2, -0.15) is 0 Å². The van der Waals surface area contributed by atoms with Crippen molar-refractivity contribution in [2.24, 2.45) is 0 Å². The molecule has 0 saturated heterocycles. The van der Waals surface area contributed by atoms with Gasteiger partial charge in [-0.15, -0.1) is 5.54 Å². The molecule has 20 heavy (non-hydrogen) atoms. The molecule has 2 heteroatoms. The van der Waals surface area contributed by atoms with Crippen LogP contribution in [-0.2, 0) is 0 Å². The van der Waals surface area contributed by atoms with Crippen molar-refractivity contribution in [3.63, 3.8) is 0 Å². The van der Waals surface area contributed by atoms with Crippen LogP contribution in [0.4, 0.5) is 0 Å². The number of aliphatic hydroxyl groups excluding tert-OH is 1. The molecule has 0 fully saturated rings. The first-order chi connectivity index (χ1) is 9.46. The SMILES string of the molecule is C[Si](C)(C)C#Cc1cccc(C(O)c2ccccc2)c1. The minimum Gasteiger partial charge on any atom is -0.384 e. The van der Waals surface area contributed by atoms with Crippen LogP contribution in [0, 0.1) is 11.5 Å². The Morgan fingerprint density at radius 1 is 0.900 bits per heavy atom. The quantitative estimate of drug-likeness (QED) is 0.651. The van der Waals surface area contributed by atoms with Gasteiger partial charge in [-0.25, -0.2) is 0 Å². The second-order valence-corrected chi connectivity index (χ2v) is 10.7. The van der Waals surface area contributed by atoms with Gasteiger partial charge in [0.15, 0.2) is 0 Å². The lowest BCUT2D eigenvalue weighted by Crippen LogP contribution is -2.16. The van der Waals surface area contributed by atoms with E-state index in [4.69, 9.17) is 0 Å². The van der Waals surface area contributed by atoms with Crippen molar-refractivity contribution < 1.29 is 5.11 Å². The van der Waals surface area contributed by atoms with Crippen molar-refractivity contribution >= 4 is 8.07 Å². The van der Waals surface area contributed by atoms with Gasteiger partial charge in [-0.05, 0) is 23.3 Å². The van der Waals surface area contributed by atoms with Crippen molar-refractivity contribution in [3.05, 3.63) is 71.3 Å². The molecule has 0 aromatic heterocycles. The molecular formula is C18H20OSi. The average molecular weight is 280 g/mol. The van der Waals surface area contributed by atoms with Gasteiger partial charge in [0, 0.05) is 5.56 Å². The number of hydrogen-bond acceptors (Lipinski definition) is 1. The summed E-state index contributed by atoms with van der Waals surface area (Å²) in [4.78, 5) is 0. The lowest BCUT2D eigenvalue weighted by molar-refractivity contribution is 0.220. The summed E-state index contributed by atoms with van der Waals surface area (Å²) in [6.07, 6.45) is -0.593. The summed E-state index contributed by atoms with van der Waals surface area (Å²) < 4.78 is 0. The van der Waals surface area contributed by atoms with Crippen LogP contribution in [0.15, 0.2) is 54.6 Å². The third kappa shape index (κ3) is 4.09. The third-order valence-corrected chi connectivity index (χ3v) is 3.77. The Kier molecular flexibility index (Phi) is 4.44. The number of hydrogen-bond donors (Lipinski definition) is 1. The van der Waals surface area contributed by atoms with E-state index in [0.29, 0.717) is 0 Å². The molecule has 0 aliphatic rings. The van der Waals surface area contributed by atoms with Crippen LogP contribution < -0.4 is 0 Å². The van der Waals surface area contributed by atoms with E-state index in [1.807, 2.05) is 54.6 Å². The Hall–Kier alpha value is -1.82. The van der Waals surface area contributed by atoms with E-state index in [1.165, 1.54) is 0 Å². The van der Waals surface area contributed by atoms with Gasteiger partial charge < -0.3 is 5.11 Å². The summed E-state index contributed by atoms with van der Waals surface area (Å²) in [6, 6.07) is 17.6. The predicted octanol–water partition coefficient (Wildman–Crippen LogP) is 4.00. The lowest BCUT2D eigenvalue weighted by atomic mass is 10.00. The molecule has 0 amide bonds. The van der Waals surface area contributed by atoms with Gasteiger partial charge in [-0.1, -0.05) is 68.0 Å². The van der Waals surface area contributed by atoms with Crippen molar-refractivity contribution in [2.45, 2.75) is 25.7 Å². The summed E-state index contributed by atoms with van der Waals surface area (Å²) >= 11 is 0. The minimum absolute atomic E-state index is 0.593. The zero-order valence-electron chi connectivity index (χ0n) is 12.2. The van der Waals surface area contributed by atoms with Crippen LogP contribution >= 0.6 is 0 Å². The smallest absolute Gasteiger partial charge is 0.129 e. The molecular weight excluding hydrogens is 260 g/mol. The van der Waals surface area contributed by atoms with E-state index in [1.54, 1.807) is 0 Å². The Morgan fingerprint density at radius 2 is 1.55 bits per heavy atom. The molecule has 1 nitrogen and oxygen atoms in total. The summed E-state index contributed by atoms with van der Waals surface area (Å²) in [5, 5.41) is 10.4. The Labute approximate surface area is 122 Å². The molecule has 0 aliphatic carbocycles. The molecule has 0 saturated carbocycles. The normalized spacial score (nSPS) is 12.4. The molecule has 1 atom stereocenters. The second-order valence-electron chi connectivity index (χ2n) is 5.94. The monoisotopic (exact) mass is 280 g/mol. The van der Waals surface area contributed by atoms with Crippen LogP contribution in [0.3, 0.4) is 0 Å². The summed E-state index contributed by atoms with van der Waals surface area (Å²) in [5.74, 6) is 3.23. The van der Waals surface area contributed by atoms with Gasteiger partial charge in [-0.3, -0.25) is 0 Å². The van der Waals surface area contributed by atoms with E-state index in [0.717, 1.165) is 16.7 Å². The fraction of sp³-hybridized carbons (Fsp3) is 0.222. The Morgan fingerprint density at radius 3 is 2.20 bits per heavy atom. The average Bonchev–Trinajstić information content (AvgIpc) is 2.45. The zero-order valence-corrected chi connectivity index (χ0v) is 13.2. The topological polar surface area (TPSA) is 20.2 Å². The second kappa shape index (κ2) is 6.09. The molecule has 102 valence electrons. The standard InChI is InChI=1S/C18H20OSi/c1-20(2,3)13-12-15-8-7-11-17(14-15)18(19)16-9-5-4-6-10-16/h4-11,14,18-19H,1-3H3. The molecule has 2 aromatic rings. The van der Waals surface area contributed by atoms with Crippen LogP contribution in [0.2, 0.25) is 19.6 Å². The third-order valence-electron chi connectivity index (χ3n) is 2.90. The van der Waals surface area contributed by atoms with Gasteiger partial charge >= 0.3 is 0 Å². The highest BCUT2D eigenvalue weighted by atomic mass is 28.3. The first-order valence-electron chi connectivity index (χ1n) is 6.82. The van der Waals surface area contributed by atoms with Gasteiger partial charge in [0.25, 0.3) is 0 Å². The Bertz CT molecular complexity index is 630. The van der Waals surface area contributed by atoms with Gasteiger partial charge in [0.1, 0.15) is 14.2 Å². The van der Waals surface area contributed by atoms with Crippen LogP contribution in [0.25, 0.3) is 0 Å². The first kappa shape index (κ1) is 14.6. The summed E-state index contributed by atoms with van der Waals surface area (Å²) in [7, 11) is -1.37. The van der Waals surface area contributed by atoms with Crippen LogP contribution in [-0.4, -0.2) is 13.2 Å². The van der Waals surface area contributed by atoms with Crippen molar-refractivity contribution in [3.8, 4) is 11.5 Å². The van der Waals surface area contributed by atoms with E-state index in [2.05, 4.69) is 31.1 Å². The maximum Gasteiger partial charge on any atom is 0.129 e. The lowest BCUT2D eigenvalue weighted by Gasteiger charge is -2.11. The molecule has 1 N–H and O–H groups in total. The van der Waals surface area contributed by atoms with E-state index >= 15 is 0 Å². The largest absolute Gasteiger partial charge is 0.384 e. The van der Waals surface area contributed by atoms with E-state index < -0.39 is 14.2 Å². The van der Waals surface area contributed by atoms with Crippen molar-refractivity contribution in [2.75, 3.05) is 0 Å². The molecule has 0 heterocycles. The van der Waals surface area contributed by atoms with Crippen molar-refractivity contribution in [1.82, 2.24) is 0 Å². The van der Waals surface area contributed by atoms with E-state index in [9.17, 15) is 5.11 Å². The minimum atomic E-state index is -1.37. The van der Waals surface area contributed by atoms with Crippen molar-refractivity contribution in [1.29, 1.82) is 0 Å². The maximum absolute atomic E-state index is 10.4. The number of benzene rings is 2. The van der Waals surface area contributed by atoms with Crippen LogP contribution in [0.1, 0.15) is 22.8 Å². The molecule has 0 bridgehead atoms. The van der Waals surface area contributed by atoms with Gasteiger partial charge in [0.05, 0.1) is 0 Å². The number of aliphatic hydroxyl groups is 1. The highest BCUT2D eigenvalue weighted by Crippen LogP contribution is 2.22. The molecule has 2 aromatic carbocycles. The van der Waals surface area contributed by atoms with E-state index in [-0.39, 0.29) is 0 Å². The summed E-state index contributed by atoms with van der Waals surface area (Å²) in [5.41, 5.74) is 6.12. The van der Waals surface area contributed by atoms with Gasteiger partial charge in [0.2, 0.25) is 0 Å². The zero-order chi connectivity index (χ0) is 14.6. The fourth-order valence-corrected chi connectivity index (χ4v) is 2.39. The maximum atomic E-state index is 10.4. The molecule has 1 unspecified atom stereocenters. The molecule has 2 rings (SSSR count). The van der Waals surface area contributed by atoms with Crippen LogP contribution in [0.5, 0.6) is 0 Å². The predicted molar refractivity (Wildman–Crippen MR) is 87.2 cm³/mol. The highest BCUT2D eigenvalue weighted by Gasteiger charge is 2.10. The molecule has 0 aliphatic heterocycles. The Balaban J connectivity index is 2.28. The molecule has 0 radical (unpaired) electrons. The first-order valence-corrected chi connectivity index (χ1v) is 10.3. The fourth-order valence-electron chi connectivity index (χ4n) is 1.87. The highest BCUT2D eigenvalue weighted by molar-refractivity contribution is 6.83.